The van der Waals surface area contributed by atoms with Crippen LogP contribution >= 0.6 is 0 Å². The molecule has 2 aliphatic heterocycles. The van der Waals surface area contributed by atoms with Crippen LogP contribution in [0, 0.1) is 6.92 Å². The first-order valence-electron chi connectivity index (χ1n) is 11.0. The molecule has 1 fully saturated rings. The molecule has 2 aromatic rings. The number of hydrogen-bond donors (Lipinski definition) is 2. The molecule has 4 rings (SSSR count). The third kappa shape index (κ3) is 5.68. The highest BCUT2D eigenvalue weighted by Gasteiger charge is 2.23. The van der Waals surface area contributed by atoms with Gasteiger partial charge in [-0.05, 0) is 37.1 Å². The quantitative estimate of drug-likeness (QED) is 0.526. The van der Waals surface area contributed by atoms with Crippen LogP contribution in [0.15, 0.2) is 47.5 Å². The van der Waals surface area contributed by atoms with Gasteiger partial charge in [0.2, 0.25) is 6.79 Å². The van der Waals surface area contributed by atoms with Crippen LogP contribution in [-0.4, -0.2) is 57.0 Å². The third-order valence-corrected chi connectivity index (χ3v) is 5.58. The van der Waals surface area contributed by atoms with Crippen molar-refractivity contribution in [1.29, 1.82) is 0 Å². The molecular formula is C24H32N4O3. The second-order valence-electron chi connectivity index (χ2n) is 7.84. The molecule has 7 heteroatoms. The lowest BCUT2D eigenvalue weighted by Crippen LogP contribution is -2.46. The fourth-order valence-electron chi connectivity index (χ4n) is 3.97. The Morgan fingerprint density at radius 2 is 1.90 bits per heavy atom. The molecule has 2 heterocycles. The topological polar surface area (TPSA) is 67.4 Å². The zero-order valence-corrected chi connectivity index (χ0v) is 18.4. The summed E-state index contributed by atoms with van der Waals surface area (Å²) >= 11 is 0. The summed E-state index contributed by atoms with van der Waals surface area (Å²) in [4.78, 5) is 7.29. The molecule has 2 aromatic carbocycles. The maximum absolute atomic E-state index is 5.58. The van der Waals surface area contributed by atoms with E-state index in [4.69, 9.17) is 19.2 Å². The van der Waals surface area contributed by atoms with E-state index in [1.807, 2.05) is 18.2 Å². The molecule has 0 radical (unpaired) electrons. The van der Waals surface area contributed by atoms with Crippen molar-refractivity contribution in [2.24, 2.45) is 4.99 Å². The number of nitrogens with one attached hydrogen (secondary N) is 2. The molecule has 0 spiro atoms. The Morgan fingerprint density at radius 1 is 1.06 bits per heavy atom. The molecule has 2 N–H and O–H groups in total. The van der Waals surface area contributed by atoms with Crippen LogP contribution < -0.4 is 20.1 Å². The molecule has 7 nitrogen and oxygen atoms in total. The lowest BCUT2D eigenvalue weighted by Gasteiger charge is -2.35. The Bertz CT molecular complexity index is 896. The van der Waals surface area contributed by atoms with E-state index < -0.39 is 0 Å². The highest BCUT2D eigenvalue weighted by atomic mass is 16.7. The van der Waals surface area contributed by atoms with Gasteiger partial charge in [-0.3, -0.25) is 4.90 Å². The monoisotopic (exact) mass is 424 g/mol. The summed E-state index contributed by atoms with van der Waals surface area (Å²) in [6.07, 6.45) is 0. The second-order valence-corrected chi connectivity index (χ2v) is 7.84. The third-order valence-electron chi connectivity index (χ3n) is 5.58. The van der Waals surface area contributed by atoms with Crippen molar-refractivity contribution >= 4 is 5.96 Å². The predicted molar refractivity (Wildman–Crippen MR) is 122 cm³/mol. The van der Waals surface area contributed by atoms with E-state index in [0.29, 0.717) is 6.54 Å². The summed E-state index contributed by atoms with van der Waals surface area (Å²) in [7, 11) is 0. The number of fused-ring (bicyclic) bond motifs is 1. The highest BCUT2D eigenvalue weighted by molar-refractivity contribution is 5.79. The number of benzene rings is 2. The van der Waals surface area contributed by atoms with Gasteiger partial charge in [0.05, 0.1) is 25.8 Å². The summed E-state index contributed by atoms with van der Waals surface area (Å²) in [5, 5.41) is 6.93. The van der Waals surface area contributed by atoms with Crippen molar-refractivity contribution in [3.63, 3.8) is 0 Å². The van der Waals surface area contributed by atoms with Crippen LogP contribution in [0.1, 0.15) is 29.7 Å². The summed E-state index contributed by atoms with van der Waals surface area (Å²) in [5.41, 5.74) is 3.69. The van der Waals surface area contributed by atoms with E-state index in [-0.39, 0.29) is 12.8 Å². The molecule has 0 bridgehead atoms. The predicted octanol–water partition coefficient (Wildman–Crippen LogP) is 2.85. The van der Waals surface area contributed by atoms with E-state index in [2.05, 4.69) is 53.6 Å². The summed E-state index contributed by atoms with van der Waals surface area (Å²) in [5.74, 6) is 2.40. The van der Waals surface area contributed by atoms with E-state index in [1.165, 1.54) is 11.1 Å². The van der Waals surface area contributed by atoms with E-state index in [9.17, 15) is 0 Å². The molecule has 0 amide bonds. The van der Waals surface area contributed by atoms with Gasteiger partial charge < -0.3 is 24.8 Å². The van der Waals surface area contributed by atoms with E-state index in [0.717, 1.165) is 62.4 Å². The Balaban J connectivity index is 1.45. The van der Waals surface area contributed by atoms with Crippen LogP contribution in [-0.2, 0) is 11.3 Å². The van der Waals surface area contributed by atoms with Gasteiger partial charge in [0.25, 0.3) is 0 Å². The normalized spacial score (nSPS) is 17.4. The molecule has 31 heavy (non-hydrogen) atoms. The Morgan fingerprint density at radius 3 is 2.71 bits per heavy atom. The Labute approximate surface area is 184 Å². The zero-order valence-electron chi connectivity index (χ0n) is 18.4. The average molecular weight is 425 g/mol. The van der Waals surface area contributed by atoms with Gasteiger partial charge in [0.1, 0.15) is 0 Å². The Hall–Kier alpha value is -2.77. The second kappa shape index (κ2) is 10.5. The molecule has 0 aromatic heterocycles. The van der Waals surface area contributed by atoms with E-state index in [1.54, 1.807) is 0 Å². The SMILES string of the molecule is CCNC(=NCc1ccc2c(c1)OCO2)NCC(c1cccc(C)c1)N1CCOCC1. The molecule has 0 aliphatic carbocycles. The molecule has 1 atom stereocenters. The number of aliphatic imine (C=N–C) groups is 1. The summed E-state index contributed by atoms with van der Waals surface area (Å²) < 4.78 is 16.5. The van der Waals surface area contributed by atoms with Crippen LogP contribution in [0.5, 0.6) is 11.5 Å². The molecule has 0 saturated carbocycles. The van der Waals surface area contributed by atoms with Crippen LogP contribution in [0.3, 0.4) is 0 Å². The van der Waals surface area contributed by atoms with Crippen molar-refractivity contribution in [2.75, 3.05) is 46.2 Å². The first kappa shape index (κ1) is 21.5. The minimum absolute atomic E-state index is 0.262. The first-order chi connectivity index (χ1) is 15.2. The number of morpholine rings is 1. The van der Waals surface area contributed by atoms with Gasteiger partial charge in [-0.15, -0.1) is 0 Å². The molecule has 2 aliphatic rings. The van der Waals surface area contributed by atoms with Crippen LogP contribution in [0.25, 0.3) is 0 Å². The number of guanidine groups is 1. The minimum atomic E-state index is 0.262. The van der Waals surface area contributed by atoms with Crippen LogP contribution in [0.2, 0.25) is 0 Å². The Kier molecular flexibility index (Phi) is 7.27. The number of hydrogen-bond acceptors (Lipinski definition) is 5. The maximum Gasteiger partial charge on any atom is 0.231 e. The van der Waals surface area contributed by atoms with Crippen molar-refractivity contribution in [3.05, 3.63) is 59.2 Å². The first-order valence-corrected chi connectivity index (χ1v) is 11.0. The van der Waals surface area contributed by atoms with Gasteiger partial charge >= 0.3 is 0 Å². The lowest BCUT2D eigenvalue weighted by atomic mass is 10.0. The van der Waals surface area contributed by atoms with Crippen molar-refractivity contribution < 1.29 is 14.2 Å². The maximum atomic E-state index is 5.58. The lowest BCUT2D eigenvalue weighted by molar-refractivity contribution is 0.0170. The van der Waals surface area contributed by atoms with Crippen LogP contribution in [0.4, 0.5) is 0 Å². The van der Waals surface area contributed by atoms with Crippen molar-refractivity contribution in [1.82, 2.24) is 15.5 Å². The minimum Gasteiger partial charge on any atom is -0.454 e. The molecule has 1 saturated heterocycles. The van der Waals surface area contributed by atoms with Crippen molar-refractivity contribution in [2.45, 2.75) is 26.4 Å². The molecular weight excluding hydrogens is 392 g/mol. The smallest absolute Gasteiger partial charge is 0.231 e. The highest BCUT2D eigenvalue weighted by Crippen LogP contribution is 2.32. The van der Waals surface area contributed by atoms with E-state index >= 15 is 0 Å². The molecule has 1 unspecified atom stereocenters. The van der Waals surface area contributed by atoms with Gasteiger partial charge in [-0.1, -0.05) is 35.9 Å². The average Bonchev–Trinajstić information content (AvgIpc) is 3.26. The number of nitrogens with zero attached hydrogens (tertiary/aromatic N) is 2. The van der Waals surface area contributed by atoms with Gasteiger partial charge in [-0.2, -0.15) is 0 Å². The van der Waals surface area contributed by atoms with Gasteiger partial charge in [0, 0.05) is 26.2 Å². The number of rotatable bonds is 7. The molecule has 166 valence electrons. The number of ether oxygens (including phenoxy) is 3. The summed E-state index contributed by atoms with van der Waals surface area (Å²) in [6, 6.07) is 15.0. The largest absolute Gasteiger partial charge is 0.454 e. The fraction of sp³-hybridized carbons (Fsp3) is 0.458. The van der Waals surface area contributed by atoms with Gasteiger partial charge in [0.15, 0.2) is 17.5 Å². The summed E-state index contributed by atoms with van der Waals surface area (Å²) in [6.45, 7) is 10.1. The number of aryl methyl sites for hydroxylation is 1. The van der Waals surface area contributed by atoms with Gasteiger partial charge in [-0.25, -0.2) is 4.99 Å². The standard InChI is InChI=1S/C24H32N4O3/c1-3-25-24(26-15-19-7-8-22-23(14-19)31-17-30-22)27-16-21(28-9-11-29-12-10-28)20-6-4-5-18(2)13-20/h4-8,13-14,21H,3,9-12,15-17H2,1-2H3,(H2,25,26,27). The fourth-order valence-corrected chi connectivity index (χ4v) is 3.97. The van der Waals surface area contributed by atoms with Crippen molar-refractivity contribution in [3.8, 4) is 11.5 Å². The zero-order chi connectivity index (χ0) is 21.5.